The SMILES string of the molecule is CCC(NC(=O)C1CCS(=O)(=O)C1)C(N)=S. The summed E-state index contributed by atoms with van der Waals surface area (Å²) >= 11 is 4.80. The van der Waals surface area contributed by atoms with Crippen LogP contribution in [0.25, 0.3) is 0 Å². The van der Waals surface area contributed by atoms with Gasteiger partial charge >= 0.3 is 0 Å². The van der Waals surface area contributed by atoms with Crippen molar-refractivity contribution in [3.8, 4) is 0 Å². The van der Waals surface area contributed by atoms with Gasteiger partial charge in [-0.05, 0) is 12.8 Å². The summed E-state index contributed by atoms with van der Waals surface area (Å²) in [5, 5.41) is 2.68. The summed E-state index contributed by atoms with van der Waals surface area (Å²) in [6.45, 7) is 1.86. The zero-order valence-corrected chi connectivity index (χ0v) is 10.7. The summed E-state index contributed by atoms with van der Waals surface area (Å²) in [6, 6.07) is -0.342. The first kappa shape index (κ1) is 13.4. The van der Waals surface area contributed by atoms with Gasteiger partial charge in [0.2, 0.25) is 5.91 Å². The Bertz CT molecular complexity index is 392. The topological polar surface area (TPSA) is 89.3 Å². The second-order valence-corrected chi connectivity index (χ2v) is 6.67. The number of nitrogens with one attached hydrogen (secondary N) is 1. The average Bonchev–Trinajstić information content (AvgIpc) is 2.54. The van der Waals surface area contributed by atoms with Crippen molar-refractivity contribution >= 4 is 33.0 Å². The summed E-state index contributed by atoms with van der Waals surface area (Å²) in [7, 11) is -3.03. The number of rotatable bonds is 4. The number of amides is 1. The highest BCUT2D eigenvalue weighted by Gasteiger charge is 2.33. The van der Waals surface area contributed by atoms with Crippen LogP contribution in [0.15, 0.2) is 0 Å². The summed E-state index contributed by atoms with van der Waals surface area (Å²) in [5.41, 5.74) is 5.45. The lowest BCUT2D eigenvalue weighted by molar-refractivity contribution is -0.124. The number of thiocarbonyl (C=S) groups is 1. The van der Waals surface area contributed by atoms with E-state index in [-0.39, 0.29) is 28.4 Å². The molecule has 3 N–H and O–H groups in total. The highest BCUT2D eigenvalue weighted by molar-refractivity contribution is 7.91. The maximum Gasteiger partial charge on any atom is 0.224 e. The van der Waals surface area contributed by atoms with E-state index in [9.17, 15) is 13.2 Å². The third kappa shape index (κ3) is 3.41. The van der Waals surface area contributed by atoms with E-state index in [0.29, 0.717) is 12.8 Å². The molecule has 92 valence electrons. The lowest BCUT2D eigenvalue weighted by Crippen LogP contribution is -2.45. The van der Waals surface area contributed by atoms with Crippen LogP contribution in [-0.2, 0) is 14.6 Å². The van der Waals surface area contributed by atoms with Gasteiger partial charge < -0.3 is 11.1 Å². The Morgan fingerprint density at radius 3 is 2.62 bits per heavy atom. The van der Waals surface area contributed by atoms with Gasteiger partial charge in [0.25, 0.3) is 0 Å². The molecular formula is C9H16N2O3S2. The van der Waals surface area contributed by atoms with Crippen LogP contribution in [0.2, 0.25) is 0 Å². The van der Waals surface area contributed by atoms with Crippen molar-refractivity contribution < 1.29 is 13.2 Å². The molecular weight excluding hydrogens is 248 g/mol. The Labute approximate surface area is 101 Å². The van der Waals surface area contributed by atoms with Crippen LogP contribution in [0.1, 0.15) is 19.8 Å². The molecule has 0 aromatic heterocycles. The van der Waals surface area contributed by atoms with Crippen LogP contribution in [0.4, 0.5) is 0 Å². The normalized spacial score (nSPS) is 24.9. The third-order valence-electron chi connectivity index (χ3n) is 2.67. The van der Waals surface area contributed by atoms with Gasteiger partial charge in [0.15, 0.2) is 9.84 Å². The van der Waals surface area contributed by atoms with Crippen LogP contribution >= 0.6 is 12.2 Å². The Balaban J connectivity index is 2.57. The van der Waals surface area contributed by atoms with Crippen LogP contribution in [0, 0.1) is 5.92 Å². The minimum Gasteiger partial charge on any atom is -0.392 e. The molecule has 16 heavy (non-hydrogen) atoms. The fourth-order valence-electron chi connectivity index (χ4n) is 1.67. The highest BCUT2D eigenvalue weighted by atomic mass is 32.2. The molecule has 1 rings (SSSR count). The Morgan fingerprint density at radius 2 is 2.25 bits per heavy atom. The summed E-state index contributed by atoms with van der Waals surface area (Å²) in [6.07, 6.45) is 1.00. The third-order valence-corrected chi connectivity index (χ3v) is 4.72. The Kier molecular flexibility index (Phi) is 4.26. The van der Waals surface area contributed by atoms with E-state index in [0.717, 1.165) is 0 Å². The first-order chi connectivity index (χ1) is 7.35. The first-order valence-electron chi connectivity index (χ1n) is 5.16. The second kappa shape index (κ2) is 5.09. The number of hydrogen-bond acceptors (Lipinski definition) is 4. The zero-order valence-electron chi connectivity index (χ0n) is 9.10. The highest BCUT2D eigenvalue weighted by Crippen LogP contribution is 2.18. The van der Waals surface area contributed by atoms with Crippen molar-refractivity contribution in [2.24, 2.45) is 11.7 Å². The molecule has 1 fully saturated rings. The predicted molar refractivity (Wildman–Crippen MR) is 65.8 cm³/mol. The van der Waals surface area contributed by atoms with Gasteiger partial charge in [0, 0.05) is 0 Å². The maximum atomic E-state index is 11.7. The lowest BCUT2D eigenvalue weighted by atomic mass is 10.1. The van der Waals surface area contributed by atoms with Crippen molar-refractivity contribution in [3.63, 3.8) is 0 Å². The second-order valence-electron chi connectivity index (χ2n) is 3.97. The molecule has 0 aliphatic carbocycles. The smallest absolute Gasteiger partial charge is 0.224 e. The molecule has 7 heteroatoms. The fraction of sp³-hybridized carbons (Fsp3) is 0.778. The van der Waals surface area contributed by atoms with Crippen LogP contribution in [0.3, 0.4) is 0 Å². The van der Waals surface area contributed by atoms with E-state index < -0.39 is 15.8 Å². The van der Waals surface area contributed by atoms with Crippen molar-refractivity contribution in [1.29, 1.82) is 0 Å². The fourth-order valence-corrected chi connectivity index (χ4v) is 3.63. The number of hydrogen-bond donors (Lipinski definition) is 2. The molecule has 1 amide bonds. The quantitative estimate of drug-likeness (QED) is 0.675. The Hall–Kier alpha value is -0.690. The van der Waals surface area contributed by atoms with Gasteiger partial charge in [-0.15, -0.1) is 0 Å². The molecule has 2 atom stereocenters. The van der Waals surface area contributed by atoms with E-state index >= 15 is 0 Å². The zero-order chi connectivity index (χ0) is 12.3. The molecule has 5 nitrogen and oxygen atoms in total. The van der Waals surface area contributed by atoms with Gasteiger partial charge in [0.1, 0.15) is 0 Å². The van der Waals surface area contributed by atoms with Gasteiger partial charge in [-0.2, -0.15) is 0 Å². The molecule has 0 aromatic carbocycles. The number of sulfone groups is 1. The first-order valence-corrected chi connectivity index (χ1v) is 7.39. The van der Waals surface area contributed by atoms with E-state index in [1.165, 1.54) is 0 Å². The van der Waals surface area contributed by atoms with Crippen LogP contribution in [0.5, 0.6) is 0 Å². The molecule has 0 aromatic rings. The molecule has 2 unspecified atom stereocenters. The largest absolute Gasteiger partial charge is 0.392 e. The number of carbonyl (C=O) groups excluding carboxylic acids is 1. The molecule has 1 saturated heterocycles. The minimum absolute atomic E-state index is 0.0629. The van der Waals surface area contributed by atoms with E-state index in [2.05, 4.69) is 5.32 Å². The monoisotopic (exact) mass is 264 g/mol. The summed E-state index contributed by atoms with van der Waals surface area (Å²) in [4.78, 5) is 11.9. The summed E-state index contributed by atoms with van der Waals surface area (Å²) < 4.78 is 22.4. The summed E-state index contributed by atoms with van der Waals surface area (Å²) in [5.74, 6) is -0.684. The van der Waals surface area contributed by atoms with Gasteiger partial charge in [0.05, 0.1) is 28.5 Å². The standard InChI is InChI=1S/C9H16N2O3S2/c1-2-7(8(10)15)11-9(12)6-3-4-16(13,14)5-6/h6-7H,2-5H2,1H3,(H2,10,15)(H,11,12). The van der Waals surface area contributed by atoms with Gasteiger partial charge in [-0.25, -0.2) is 8.42 Å². The maximum absolute atomic E-state index is 11.7. The van der Waals surface area contributed by atoms with Crippen LogP contribution < -0.4 is 11.1 Å². The minimum atomic E-state index is -3.03. The van der Waals surface area contributed by atoms with E-state index in [1.807, 2.05) is 6.92 Å². The molecule has 0 spiro atoms. The molecule has 1 aliphatic heterocycles. The van der Waals surface area contributed by atoms with Crippen molar-refractivity contribution in [2.45, 2.75) is 25.8 Å². The molecule has 0 saturated carbocycles. The lowest BCUT2D eigenvalue weighted by Gasteiger charge is -2.17. The van der Waals surface area contributed by atoms with E-state index in [4.69, 9.17) is 18.0 Å². The molecule has 1 aliphatic rings. The number of carbonyl (C=O) groups is 1. The Morgan fingerprint density at radius 1 is 1.62 bits per heavy atom. The average molecular weight is 264 g/mol. The predicted octanol–water partition coefficient (Wildman–Crippen LogP) is -0.398. The number of nitrogens with two attached hydrogens (primary N) is 1. The van der Waals surface area contributed by atoms with E-state index in [1.54, 1.807) is 0 Å². The van der Waals surface area contributed by atoms with Crippen molar-refractivity contribution in [2.75, 3.05) is 11.5 Å². The van der Waals surface area contributed by atoms with Gasteiger partial charge in [-0.1, -0.05) is 19.1 Å². The van der Waals surface area contributed by atoms with Crippen LogP contribution in [-0.4, -0.2) is 36.9 Å². The van der Waals surface area contributed by atoms with Crippen molar-refractivity contribution in [1.82, 2.24) is 5.32 Å². The molecule has 0 bridgehead atoms. The van der Waals surface area contributed by atoms with Crippen molar-refractivity contribution in [3.05, 3.63) is 0 Å². The molecule has 0 radical (unpaired) electrons. The molecule has 1 heterocycles. The van der Waals surface area contributed by atoms with Gasteiger partial charge in [-0.3, -0.25) is 4.79 Å².